The van der Waals surface area contributed by atoms with Gasteiger partial charge in [-0.15, -0.1) is 0 Å². The molecule has 2 nitrogen and oxygen atoms in total. The molecule has 13 heavy (non-hydrogen) atoms. The normalized spacial score (nSPS) is 10.5. The average molecular weight is 254 g/mol. The predicted octanol–water partition coefficient (Wildman–Crippen LogP) is 2.73. The molecule has 1 rings (SSSR count). The zero-order chi connectivity index (χ0) is 10.0. The molecule has 0 aromatic carbocycles. The fraction of sp³-hybridized carbons (Fsp3) is 0.143. The van der Waals surface area contributed by atoms with Crippen LogP contribution in [0.2, 0.25) is 0 Å². The molecule has 0 bridgehead atoms. The Labute approximate surface area is 79.9 Å². The standard InChI is InChI=1S/C7H3BrF3NO/c8-6-5(7(10)11)3(2-13)1-4(9)12-6/h1-2,7H. The third-order valence-electron chi connectivity index (χ3n) is 1.36. The van der Waals surface area contributed by atoms with Crippen LogP contribution in [0.25, 0.3) is 0 Å². The van der Waals surface area contributed by atoms with Crippen LogP contribution in [0.5, 0.6) is 0 Å². The lowest BCUT2D eigenvalue weighted by Gasteiger charge is -2.04. The number of halogens is 4. The molecule has 0 atom stereocenters. The summed E-state index contributed by atoms with van der Waals surface area (Å²) in [7, 11) is 0. The van der Waals surface area contributed by atoms with E-state index < -0.39 is 23.5 Å². The molecule has 0 unspecified atom stereocenters. The number of pyridine rings is 1. The number of aldehydes is 1. The molecular weight excluding hydrogens is 251 g/mol. The smallest absolute Gasteiger partial charge is 0.267 e. The zero-order valence-corrected chi connectivity index (χ0v) is 7.69. The van der Waals surface area contributed by atoms with Gasteiger partial charge in [-0.3, -0.25) is 4.79 Å². The molecule has 0 aliphatic rings. The quantitative estimate of drug-likeness (QED) is 0.600. The van der Waals surface area contributed by atoms with Gasteiger partial charge >= 0.3 is 0 Å². The Balaban J connectivity index is 3.38. The van der Waals surface area contributed by atoms with E-state index in [1.807, 2.05) is 0 Å². The first kappa shape index (κ1) is 10.2. The van der Waals surface area contributed by atoms with Gasteiger partial charge in [-0.25, -0.2) is 13.8 Å². The maximum atomic E-state index is 12.5. The van der Waals surface area contributed by atoms with Crippen LogP contribution >= 0.6 is 15.9 Å². The largest absolute Gasteiger partial charge is 0.298 e. The van der Waals surface area contributed by atoms with Gasteiger partial charge in [-0.2, -0.15) is 4.39 Å². The van der Waals surface area contributed by atoms with E-state index in [-0.39, 0.29) is 10.9 Å². The number of alkyl halides is 2. The van der Waals surface area contributed by atoms with E-state index in [9.17, 15) is 18.0 Å². The van der Waals surface area contributed by atoms with Gasteiger partial charge in [0.2, 0.25) is 5.95 Å². The first-order valence-electron chi connectivity index (χ1n) is 3.15. The summed E-state index contributed by atoms with van der Waals surface area (Å²) in [5.74, 6) is -0.974. The number of hydrogen-bond acceptors (Lipinski definition) is 2. The van der Waals surface area contributed by atoms with Gasteiger partial charge in [0, 0.05) is 11.6 Å². The van der Waals surface area contributed by atoms with Gasteiger partial charge < -0.3 is 0 Å². The van der Waals surface area contributed by atoms with Gasteiger partial charge in [0.15, 0.2) is 6.29 Å². The Kier molecular flexibility index (Phi) is 3.02. The summed E-state index contributed by atoms with van der Waals surface area (Å²) >= 11 is 2.65. The first-order valence-corrected chi connectivity index (χ1v) is 3.95. The summed E-state index contributed by atoms with van der Waals surface area (Å²) in [5.41, 5.74) is -0.981. The van der Waals surface area contributed by atoms with E-state index in [2.05, 4.69) is 20.9 Å². The van der Waals surface area contributed by atoms with E-state index in [4.69, 9.17) is 0 Å². The number of carbonyl (C=O) groups excluding carboxylic acids is 1. The number of nitrogens with zero attached hydrogens (tertiary/aromatic N) is 1. The molecule has 1 heterocycles. The Morgan fingerprint density at radius 3 is 2.62 bits per heavy atom. The molecule has 0 N–H and O–H groups in total. The lowest BCUT2D eigenvalue weighted by molar-refractivity contribution is 0.110. The van der Waals surface area contributed by atoms with Crippen molar-refractivity contribution in [1.29, 1.82) is 0 Å². The van der Waals surface area contributed by atoms with E-state index in [1.165, 1.54) is 0 Å². The van der Waals surface area contributed by atoms with E-state index in [0.717, 1.165) is 0 Å². The second-order valence-electron chi connectivity index (χ2n) is 2.16. The molecule has 0 fully saturated rings. The van der Waals surface area contributed by atoms with Crippen LogP contribution in [0, 0.1) is 5.95 Å². The van der Waals surface area contributed by atoms with E-state index in [1.54, 1.807) is 0 Å². The van der Waals surface area contributed by atoms with Crippen LogP contribution in [0.15, 0.2) is 10.7 Å². The highest BCUT2D eigenvalue weighted by molar-refractivity contribution is 9.10. The minimum Gasteiger partial charge on any atom is -0.298 e. The van der Waals surface area contributed by atoms with Crippen molar-refractivity contribution >= 4 is 22.2 Å². The summed E-state index contributed by atoms with van der Waals surface area (Å²) in [6.07, 6.45) is -2.69. The Bertz CT molecular complexity index is 343. The highest BCUT2D eigenvalue weighted by atomic mass is 79.9. The minimum absolute atomic E-state index is 0.164. The molecule has 0 saturated carbocycles. The van der Waals surface area contributed by atoms with E-state index in [0.29, 0.717) is 6.07 Å². The topological polar surface area (TPSA) is 30.0 Å². The highest BCUT2D eigenvalue weighted by Crippen LogP contribution is 2.28. The van der Waals surface area contributed by atoms with Crippen molar-refractivity contribution in [3.8, 4) is 0 Å². The van der Waals surface area contributed by atoms with Gasteiger partial charge in [0.05, 0.1) is 5.56 Å². The second kappa shape index (κ2) is 3.87. The van der Waals surface area contributed by atoms with Crippen LogP contribution in [-0.2, 0) is 0 Å². The van der Waals surface area contributed by atoms with Gasteiger partial charge in [-0.05, 0) is 15.9 Å². The van der Waals surface area contributed by atoms with Crippen LogP contribution < -0.4 is 0 Å². The number of hydrogen-bond donors (Lipinski definition) is 0. The van der Waals surface area contributed by atoms with Crippen molar-refractivity contribution in [1.82, 2.24) is 4.98 Å². The summed E-state index contributed by atoms with van der Waals surface area (Å²) in [6.45, 7) is 0. The molecule has 1 aromatic heterocycles. The fourth-order valence-electron chi connectivity index (χ4n) is 0.825. The summed E-state index contributed by atoms with van der Waals surface area (Å²) in [4.78, 5) is 13.4. The highest BCUT2D eigenvalue weighted by Gasteiger charge is 2.18. The SMILES string of the molecule is O=Cc1cc(F)nc(Br)c1C(F)F. The maximum Gasteiger partial charge on any atom is 0.267 e. The maximum absolute atomic E-state index is 12.5. The Morgan fingerprint density at radius 2 is 2.15 bits per heavy atom. The lowest BCUT2D eigenvalue weighted by atomic mass is 10.1. The number of carbonyl (C=O) groups is 1. The van der Waals surface area contributed by atoms with Crippen molar-refractivity contribution < 1.29 is 18.0 Å². The van der Waals surface area contributed by atoms with E-state index >= 15 is 0 Å². The lowest BCUT2D eigenvalue weighted by Crippen LogP contribution is -1.99. The minimum atomic E-state index is -2.86. The first-order chi connectivity index (χ1) is 6.06. The summed E-state index contributed by atoms with van der Waals surface area (Å²) < 4.78 is 36.7. The second-order valence-corrected chi connectivity index (χ2v) is 2.91. The number of rotatable bonds is 2. The molecule has 0 radical (unpaired) electrons. The monoisotopic (exact) mass is 253 g/mol. The van der Waals surface area contributed by atoms with Crippen molar-refractivity contribution in [2.24, 2.45) is 0 Å². The van der Waals surface area contributed by atoms with Crippen LogP contribution in [-0.4, -0.2) is 11.3 Å². The molecule has 0 spiro atoms. The Morgan fingerprint density at radius 1 is 1.54 bits per heavy atom. The van der Waals surface area contributed by atoms with Crippen LogP contribution in [0.4, 0.5) is 13.2 Å². The molecule has 0 aliphatic carbocycles. The molecule has 1 aromatic rings. The molecular formula is C7H3BrF3NO. The predicted molar refractivity (Wildman–Crippen MR) is 42.2 cm³/mol. The van der Waals surface area contributed by atoms with Crippen molar-refractivity contribution in [2.45, 2.75) is 6.43 Å². The summed E-state index contributed by atoms with van der Waals surface area (Å²) in [6, 6.07) is 0.666. The third-order valence-corrected chi connectivity index (χ3v) is 1.96. The average Bonchev–Trinajstić information content (AvgIpc) is 2.01. The zero-order valence-electron chi connectivity index (χ0n) is 6.10. The fourth-order valence-corrected chi connectivity index (χ4v) is 1.40. The van der Waals surface area contributed by atoms with Gasteiger partial charge in [0.1, 0.15) is 4.60 Å². The summed E-state index contributed by atoms with van der Waals surface area (Å²) in [5, 5.41) is 0. The Hall–Kier alpha value is -0.910. The van der Waals surface area contributed by atoms with Crippen molar-refractivity contribution in [3.63, 3.8) is 0 Å². The van der Waals surface area contributed by atoms with Crippen LogP contribution in [0.3, 0.4) is 0 Å². The number of aromatic nitrogens is 1. The van der Waals surface area contributed by atoms with Crippen molar-refractivity contribution in [3.05, 3.63) is 27.7 Å². The van der Waals surface area contributed by atoms with Gasteiger partial charge in [0.25, 0.3) is 6.43 Å². The third kappa shape index (κ3) is 2.06. The molecule has 0 amide bonds. The molecule has 0 aliphatic heterocycles. The van der Waals surface area contributed by atoms with Crippen LogP contribution in [0.1, 0.15) is 22.3 Å². The van der Waals surface area contributed by atoms with Crippen molar-refractivity contribution in [2.75, 3.05) is 0 Å². The molecule has 70 valence electrons. The molecule has 0 saturated heterocycles. The molecule has 6 heteroatoms. The van der Waals surface area contributed by atoms with Gasteiger partial charge in [-0.1, -0.05) is 0 Å².